The van der Waals surface area contributed by atoms with Gasteiger partial charge in [-0.15, -0.1) is 0 Å². The quantitative estimate of drug-likeness (QED) is 0.654. The zero-order valence-corrected chi connectivity index (χ0v) is 10.6. The van der Waals surface area contributed by atoms with E-state index in [9.17, 15) is 0 Å². The van der Waals surface area contributed by atoms with E-state index in [4.69, 9.17) is 5.41 Å². The van der Waals surface area contributed by atoms with Crippen LogP contribution in [-0.2, 0) is 0 Å². The average molecular weight is 196 g/mol. The molecule has 0 atom stereocenters. The molecule has 0 saturated heterocycles. The van der Waals surface area contributed by atoms with Gasteiger partial charge >= 0.3 is 0 Å². The third kappa shape index (κ3) is 3.95. The first-order valence-corrected chi connectivity index (χ1v) is 5.08. The van der Waals surface area contributed by atoms with E-state index in [0.29, 0.717) is 5.71 Å². The molecule has 0 spiro atoms. The van der Waals surface area contributed by atoms with Crippen LogP contribution < -0.4 is 5.32 Å². The summed E-state index contributed by atoms with van der Waals surface area (Å²) >= 11 is 0. The van der Waals surface area contributed by atoms with Crippen LogP contribution in [0.1, 0.15) is 41.5 Å². The normalized spacial score (nSPS) is 14.1. The highest BCUT2D eigenvalue weighted by Gasteiger charge is 2.20. The van der Waals surface area contributed by atoms with Crippen LogP contribution in [0.2, 0.25) is 0 Å². The van der Waals surface area contributed by atoms with Crippen molar-refractivity contribution in [3.63, 3.8) is 0 Å². The van der Waals surface area contributed by atoms with Crippen LogP contribution >= 0.6 is 0 Å². The lowest BCUT2D eigenvalue weighted by Crippen LogP contribution is -2.25. The molecule has 0 aliphatic heterocycles. The highest BCUT2D eigenvalue weighted by Crippen LogP contribution is 2.25. The summed E-state index contributed by atoms with van der Waals surface area (Å²) in [6, 6.07) is 0. The van der Waals surface area contributed by atoms with Crippen LogP contribution in [0, 0.1) is 16.2 Å². The largest absolute Gasteiger partial charge is 0.391 e. The maximum absolute atomic E-state index is 7.94. The average Bonchev–Trinajstić information content (AvgIpc) is 1.95. The Morgan fingerprint density at radius 2 is 1.43 bits per heavy atom. The van der Waals surface area contributed by atoms with Gasteiger partial charge in [-0.25, -0.2) is 0 Å². The van der Waals surface area contributed by atoms with E-state index in [0.717, 1.165) is 5.70 Å². The predicted octanol–water partition coefficient (Wildman–Crippen LogP) is 3.20. The van der Waals surface area contributed by atoms with Gasteiger partial charge in [0.1, 0.15) is 0 Å². The Morgan fingerprint density at radius 1 is 1.00 bits per heavy atom. The second-order valence-electron chi connectivity index (χ2n) is 5.72. The fraction of sp³-hybridized carbons (Fsp3) is 0.750. The van der Waals surface area contributed by atoms with Crippen molar-refractivity contribution < 1.29 is 0 Å². The van der Waals surface area contributed by atoms with E-state index in [1.54, 1.807) is 0 Å². The lowest BCUT2D eigenvalue weighted by Gasteiger charge is -2.25. The Morgan fingerprint density at radius 3 is 1.64 bits per heavy atom. The summed E-state index contributed by atoms with van der Waals surface area (Å²) in [6.07, 6.45) is 1.94. The molecule has 14 heavy (non-hydrogen) atoms. The molecule has 0 saturated carbocycles. The monoisotopic (exact) mass is 196 g/mol. The number of hydrogen-bond acceptors (Lipinski definition) is 2. The second-order valence-corrected chi connectivity index (χ2v) is 5.72. The van der Waals surface area contributed by atoms with Gasteiger partial charge in [0.15, 0.2) is 0 Å². The first kappa shape index (κ1) is 13.2. The summed E-state index contributed by atoms with van der Waals surface area (Å²) in [5.74, 6) is 0. The van der Waals surface area contributed by atoms with Crippen LogP contribution in [0.25, 0.3) is 0 Å². The molecule has 2 heteroatoms. The van der Waals surface area contributed by atoms with Crippen LogP contribution in [0.4, 0.5) is 0 Å². The molecule has 0 heterocycles. The lowest BCUT2D eigenvalue weighted by molar-refractivity contribution is 0.472. The van der Waals surface area contributed by atoms with Crippen molar-refractivity contribution in [2.45, 2.75) is 41.5 Å². The maximum Gasteiger partial charge on any atom is 0.0384 e. The number of allylic oxidation sites excluding steroid dienone is 2. The third-order valence-corrected chi connectivity index (χ3v) is 2.17. The minimum Gasteiger partial charge on any atom is -0.391 e. The van der Waals surface area contributed by atoms with Gasteiger partial charge in [-0.05, 0) is 6.08 Å². The van der Waals surface area contributed by atoms with E-state index in [2.05, 4.69) is 46.9 Å². The molecule has 0 unspecified atom stereocenters. The third-order valence-electron chi connectivity index (χ3n) is 2.17. The zero-order valence-electron chi connectivity index (χ0n) is 10.6. The smallest absolute Gasteiger partial charge is 0.0384 e. The van der Waals surface area contributed by atoms with Crippen LogP contribution in [0.3, 0.4) is 0 Å². The minimum absolute atomic E-state index is 0.0757. The van der Waals surface area contributed by atoms with Gasteiger partial charge in [0.25, 0.3) is 0 Å². The summed E-state index contributed by atoms with van der Waals surface area (Å²) in [5, 5.41) is 11.1. The molecule has 0 fully saturated rings. The predicted molar refractivity (Wildman–Crippen MR) is 63.8 cm³/mol. The SMILES string of the molecule is CN/C(=C\C(=N)C(C)(C)C)C(C)(C)C. The molecule has 0 aliphatic carbocycles. The standard InChI is InChI=1S/C12H24N2/c1-11(2,3)9(13)8-10(14-7)12(4,5)6/h8,13-14H,1-7H3/b10-8-,13-9?. The molecule has 82 valence electrons. The summed E-state index contributed by atoms with van der Waals surface area (Å²) in [7, 11) is 1.91. The van der Waals surface area contributed by atoms with E-state index in [1.165, 1.54) is 0 Å². The van der Waals surface area contributed by atoms with Gasteiger partial charge in [-0.2, -0.15) is 0 Å². The van der Waals surface area contributed by atoms with Crippen molar-refractivity contribution in [1.29, 1.82) is 5.41 Å². The van der Waals surface area contributed by atoms with Crippen LogP contribution in [0.15, 0.2) is 11.8 Å². The molecular weight excluding hydrogens is 172 g/mol. The second kappa shape index (κ2) is 4.16. The minimum atomic E-state index is -0.0760. The van der Waals surface area contributed by atoms with E-state index < -0.39 is 0 Å². The van der Waals surface area contributed by atoms with Crippen molar-refractivity contribution >= 4 is 5.71 Å². The fourth-order valence-electron chi connectivity index (χ4n) is 1.02. The van der Waals surface area contributed by atoms with Gasteiger partial charge < -0.3 is 10.7 Å². The Hall–Kier alpha value is -0.790. The van der Waals surface area contributed by atoms with Crippen molar-refractivity contribution in [1.82, 2.24) is 5.32 Å². The molecule has 0 aromatic carbocycles. The fourth-order valence-corrected chi connectivity index (χ4v) is 1.02. The van der Waals surface area contributed by atoms with Gasteiger partial charge in [-0.3, -0.25) is 0 Å². The molecule has 2 N–H and O–H groups in total. The molecule has 0 aromatic rings. The molecule has 0 aliphatic rings. The highest BCUT2D eigenvalue weighted by molar-refractivity contribution is 5.96. The van der Waals surface area contributed by atoms with Crippen molar-refractivity contribution in [3.05, 3.63) is 11.8 Å². The first-order chi connectivity index (χ1) is 6.09. The summed E-state index contributed by atoms with van der Waals surface area (Å²) in [6.45, 7) is 12.6. The van der Waals surface area contributed by atoms with Gasteiger partial charge in [0, 0.05) is 29.3 Å². The van der Waals surface area contributed by atoms with E-state index in [-0.39, 0.29) is 10.8 Å². The molecule has 0 aromatic heterocycles. The molecule has 0 amide bonds. The molecule has 0 bridgehead atoms. The number of nitrogens with one attached hydrogen (secondary N) is 2. The maximum atomic E-state index is 7.94. The lowest BCUT2D eigenvalue weighted by atomic mass is 9.85. The Labute approximate surface area is 88.3 Å². The zero-order chi connectivity index (χ0) is 11.6. The van der Waals surface area contributed by atoms with Crippen molar-refractivity contribution in [3.8, 4) is 0 Å². The summed E-state index contributed by atoms with van der Waals surface area (Å²) in [5.41, 5.74) is 1.77. The van der Waals surface area contributed by atoms with Crippen LogP contribution in [0.5, 0.6) is 0 Å². The van der Waals surface area contributed by atoms with Gasteiger partial charge in [0.05, 0.1) is 0 Å². The van der Waals surface area contributed by atoms with Crippen molar-refractivity contribution in [2.24, 2.45) is 10.8 Å². The number of hydrogen-bond donors (Lipinski definition) is 2. The van der Waals surface area contributed by atoms with E-state index >= 15 is 0 Å². The highest BCUT2D eigenvalue weighted by atomic mass is 14.9. The Kier molecular flexibility index (Phi) is 3.92. The molecule has 0 radical (unpaired) electrons. The Bertz CT molecular complexity index is 236. The topological polar surface area (TPSA) is 35.9 Å². The molecule has 0 rings (SSSR count). The Balaban J connectivity index is 4.89. The molecular formula is C12H24N2. The molecule has 2 nitrogen and oxygen atoms in total. The van der Waals surface area contributed by atoms with Crippen LogP contribution in [-0.4, -0.2) is 12.8 Å². The van der Waals surface area contributed by atoms with Gasteiger partial charge in [-0.1, -0.05) is 41.5 Å². The first-order valence-electron chi connectivity index (χ1n) is 5.08. The van der Waals surface area contributed by atoms with Gasteiger partial charge in [0.2, 0.25) is 0 Å². The summed E-state index contributed by atoms with van der Waals surface area (Å²) in [4.78, 5) is 0. The van der Waals surface area contributed by atoms with Crippen molar-refractivity contribution in [2.75, 3.05) is 7.05 Å². The summed E-state index contributed by atoms with van der Waals surface area (Å²) < 4.78 is 0. The number of rotatable bonds is 2. The van der Waals surface area contributed by atoms with E-state index in [1.807, 2.05) is 13.1 Å².